The fourth-order valence-corrected chi connectivity index (χ4v) is 2.09. The Morgan fingerprint density at radius 1 is 1.53 bits per heavy atom. The Morgan fingerprint density at radius 2 is 2.29 bits per heavy atom. The maximum absolute atomic E-state index is 10.6. The average molecular weight is 252 g/mol. The number of nitro benzene ring substituents is 1. The molecule has 90 valence electrons. The SMILES string of the molecule is CC(C)CSc1nc2ccc([N+](=O)[O-])cc2o1. The molecule has 0 aliphatic rings. The molecule has 0 atom stereocenters. The van der Waals surface area contributed by atoms with Crippen LogP contribution < -0.4 is 0 Å². The summed E-state index contributed by atoms with van der Waals surface area (Å²) in [6.07, 6.45) is 0. The number of nitro groups is 1. The molecule has 5 nitrogen and oxygen atoms in total. The van der Waals surface area contributed by atoms with E-state index in [9.17, 15) is 10.1 Å². The highest BCUT2D eigenvalue weighted by Crippen LogP contribution is 2.27. The van der Waals surface area contributed by atoms with Crippen molar-refractivity contribution in [3.8, 4) is 0 Å². The van der Waals surface area contributed by atoms with Gasteiger partial charge in [-0.1, -0.05) is 25.6 Å². The van der Waals surface area contributed by atoms with Crippen LogP contribution in [-0.2, 0) is 0 Å². The van der Waals surface area contributed by atoms with Crippen molar-refractivity contribution in [1.29, 1.82) is 0 Å². The molecule has 0 unspecified atom stereocenters. The number of hydrogen-bond donors (Lipinski definition) is 0. The van der Waals surface area contributed by atoms with Gasteiger partial charge in [0.1, 0.15) is 5.52 Å². The summed E-state index contributed by atoms with van der Waals surface area (Å²) in [5, 5.41) is 11.2. The maximum Gasteiger partial charge on any atom is 0.273 e. The predicted octanol–water partition coefficient (Wildman–Crippen LogP) is 3.48. The zero-order valence-electron chi connectivity index (χ0n) is 9.54. The highest BCUT2D eigenvalue weighted by molar-refractivity contribution is 7.99. The molecule has 1 aromatic carbocycles. The Morgan fingerprint density at radius 3 is 2.94 bits per heavy atom. The van der Waals surface area contributed by atoms with Gasteiger partial charge in [0, 0.05) is 11.8 Å². The van der Waals surface area contributed by atoms with Crippen molar-refractivity contribution in [2.45, 2.75) is 19.1 Å². The lowest BCUT2D eigenvalue weighted by Gasteiger charge is -1.98. The van der Waals surface area contributed by atoms with E-state index in [2.05, 4.69) is 18.8 Å². The third-order valence-corrected chi connectivity index (χ3v) is 3.36. The number of rotatable bonds is 4. The molecule has 0 saturated carbocycles. The molecule has 1 heterocycles. The van der Waals surface area contributed by atoms with E-state index in [1.54, 1.807) is 6.07 Å². The van der Waals surface area contributed by atoms with Gasteiger partial charge in [-0.05, 0) is 12.0 Å². The smallest absolute Gasteiger partial charge is 0.273 e. The standard InChI is InChI=1S/C11H12N2O3S/c1-7(2)6-17-11-12-9-4-3-8(13(14)15)5-10(9)16-11/h3-5,7H,6H2,1-2H3. The summed E-state index contributed by atoms with van der Waals surface area (Å²) in [5.41, 5.74) is 1.14. The fourth-order valence-electron chi connectivity index (χ4n) is 1.31. The van der Waals surface area contributed by atoms with Crippen LogP contribution in [0.5, 0.6) is 0 Å². The van der Waals surface area contributed by atoms with E-state index in [0.29, 0.717) is 22.2 Å². The van der Waals surface area contributed by atoms with Crippen molar-refractivity contribution in [2.24, 2.45) is 5.92 Å². The van der Waals surface area contributed by atoms with Crippen LogP contribution in [0.4, 0.5) is 5.69 Å². The number of thioether (sulfide) groups is 1. The van der Waals surface area contributed by atoms with Crippen molar-refractivity contribution in [3.05, 3.63) is 28.3 Å². The lowest BCUT2D eigenvalue weighted by atomic mass is 10.3. The monoisotopic (exact) mass is 252 g/mol. The highest BCUT2D eigenvalue weighted by atomic mass is 32.2. The molecule has 0 bridgehead atoms. The van der Waals surface area contributed by atoms with Crippen LogP contribution in [0, 0.1) is 16.0 Å². The highest BCUT2D eigenvalue weighted by Gasteiger charge is 2.12. The minimum absolute atomic E-state index is 0.0223. The normalized spacial score (nSPS) is 11.2. The van der Waals surface area contributed by atoms with Gasteiger partial charge in [-0.15, -0.1) is 0 Å². The van der Waals surface area contributed by atoms with Gasteiger partial charge in [-0.25, -0.2) is 4.98 Å². The average Bonchev–Trinajstić information content (AvgIpc) is 2.67. The van der Waals surface area contributed by atoms with Crippen LogP contribution in [0.1, 0.15) is 13.8 Å². The lowest BCUT2D eigenvalue weighted by molar-refractivity contribution is -0.384. The quantitative estimate of drug-likeness (QED) is 0.473. The summed E-state index contributed by atoms with van der Waals surface area (Å²) in [6, 6.07) is 4.44. The number of oxazole rings is 1. The third-order valence-electron chi connectivity index (χ3n) is 2.10. The molecule has 0 fully saturated rings. The lowest BCUT2D eigenvalue weighted by Crippen LogP contribution is -1.89. The minimum Gasteiger partial charge on any atom is -0.431 e. The van der Waals surface area contributed by atoms with Crippen LogP contribution in [0.3, 0.4) is 0 Å². The van der Waals surface area contributed by atoms with Gasteiger partial charge in [0.2, 0.25) is 0 Å². The van der Waals surface area contributed by atoms with Gasteiger partial charge in [0.05, 0.1) is 11.0 Å². The van der Waals surface area contributed by atoms with Crippen LogP contribution in [-0.4, -0.2) is 15.7 Å². The van der Waals surface area contributed by atoms with E-state index in [1.807, 2.05) is 0 Å². The first kappa shape index (κ1) is 11.9. The summed E-state index contributed by atoms with van der Waals surface area (Å²) in [6.45, 7) is 4.22. The molecule has 2 aromatic rings. The second kappa shape index (κ2) is 4.75. The first-order chi connectivity index (χ1) is 8.06. The predicted molar refractivity (Wildman–Crippen MR) is 66.2 cm³/mol. The fraction of sp³-hybridized carbons (Fsp3) is 0.364. The van der Waals surface area contributed by atoms with E-state index in [0.717, 1.165) is 5.75 Å². The first-order valence-corrected chi connectivity index (χ1v) is 6.22. The molecular formula is C11H12N2O3S. The Hall–Kier alpha value is -1.56. The minimum atomic E-state index is -0.442. The zero-order chi connectivity index (χ0) is 12.4. The summed E-state index contributed by atoms with van der Waals surface area (Å²) in [4.78, 5) is 14.4. The Bertz CT molecular complexity index is 551. The molecule has 0 amide bonds. The first-order valence-electron chi connectivity index (χ1n) is 5.24. The molecule has 0 spiro atoms. The van der Waals surface area contributed by atoms with Crippen molar-refractivity contribution in [2.75, 3.05) is 5.75 Å². The molecular weight excluding hydrogens is 240 g/mol. The van der Waals surface area contributed by atoms with Crippen LogP contribution in [0.15, 0.2) is 27.8 Å². The van der Waals surface area contributed by atoms with Crippen LogP contribution >= 0.6 is 11.8 Å². The van der Waals surface area contributed by atoms with Crippen LogP contribution in [0.2, 0.25) is 0 Å². The summed E-state index contributed by atoms with van der Waals surface area (Å²) < 4.78 is 5.46. The second-order valence-electron chi connectivity index (χ2n) is 4.09. The molecule has 2 rings (SSSR count). The van der Waals surface area contributed by atoms with E-state index in [4.69, 9.17) is 4.42 Å². The molecule has 6 heteroatoms. The maximum atomic E-state index is 10.6. The Balaban J connectivity index is 2.27. The van der Waals surface area contributed by atoms with E-state index in [1.165, 1.54) is 23.9 Å². The molecule has 17 heavy (non-hydrogen) atoms. The van der Waals surface area contributed by atoms with Crippen molar-refractivity contribution in [3.63, 3.8) is 0 Å². The number of benzene rings is 1. The van der Waals surface area contributed by atoms with Gasteiger partial charge < -0.3 is 4.42 Å². The Labute approximate surface area is 102 Å². The third kappa shape index (κ3) is 2.76. The second-order valence-corrected chi connectivity index (χ2v) is 5.07. The molecule has 0 aliphatic heterocycles. The van der Waals surface area contributed by atoms with Crippen molar-refractivity contribution in [1.82, 2.24) is 4.98 Å². The van der Waals surface area contributed by atoms with Gasteiger partial charge in [0.15, 0.2) is 5.58 Å². The van der Waals surface area contributed by atoms with Crippen LogP contribution in [0.25, 0.3) is 11.1 Å². The van der Waals surface area contributed by atoms with E-state index >= 15 is 0 Å². The zero-order valence-corrected chi connectivity index (χ0v) is 10.4. The molecule has 0 radical (unpaired) electrons. The van der Waals surface area contributed by atoms with Gasteiger partial charge in [-0.2, -0.15) is 0 Å². The largest absolute Gasteiger partial charge is 0.431 e. The molecule has 1 aromatic heterocycles. The van der Waals surface area contributed by atoms with E-state index < -0.39 is 4.92 Å². The molecule has 0 saturated heterocycles. The van der Waals surface area contributed by atoms with Gasteiger partial charge in [-0.3, -0.25) is 10.1 Å². The van der Waals surface area contributed by atoms with E-state index in [-0.39, 0.29) is 5.69 Å². The van der Waals surface area contributed by atoms with Crippen molar-refractivity contribution < 1.29 is 9.34 Å². The summed E-state index contributed by atoms with van der Waals surface area (Å²) >= 11 is 1.52. The number of non-ortho nitro benzene ring substituents is 1. The number of fused-ring (bicyclic) bond motifs is 1. The topological polar surface area (TPSA) is 69.2 Å². The van der Waals surface area contributed by atoms with Crippen molar-refractivity contribution >= 4 is 28.5 Å². The number of aromatic nitrogens is 1. The summed E-state index contributed by atoms with van der Waals surface area (Å²) in [5.74, 6) is 1.46. The number of nitrogens with zero attached hydrogens (tertiary/aromatic N) is 2. The molecule has 0 N–H and O–H groups in total. The van der Waals surface area contributed by atoms with Gasteiger partial charge in [0.25, 0.3) is 10.9 Å². The van der Waals surface area contributed by atoms with Gasteiger partial charge >= 0.3 is 0 Å². The summed E-state index contributed by atoms with van der Waals surface area (Å²) in [7, 11) is 0. The Kier molecular flexibility index (Phi) is 3.33. The number of hydrogen-bond acceptors (Lipinski definition) is 5. The molecule has 0 aliphatic carbocycles.